The molecule has 3 aromatic heterocycles. The summed E-state index contributed by atoms with van der Waals surface area (Å²) >= 11 is 0. The van der Waals surface area contributed by atoms with Gasteiger partial charge in [-0.3, -0.25) is 4.40 Å². The van der Waals surface area contributed by atoms with E-state index >= 15 is 0 Å². The Morgan fingerprint density at radius 2 is 1.57 bits per heavy atom. The van der Waals surface area contributed by atoms with E-state index in [0.29, 0.717) is 0 Å². The Morgan fingerprint density at radius 3 is 2.57 bits per heavy atom. The van der Waals surface area contributed by atoms with E-state index in [4.69, 9.17) is 4.98 Å². The standard InChI is InChI=1S/C25H15N3/c1-2-7-17-15(6-1)14-16-11-12-19-23(22(16)17)18-8-3-4-9-20(18)28-21-10-5-13-26-24(21)27-25(19)28/h1-13H,14H2. The monoisotopic (exact) mass is 357 g/mol. The number of fused-ring (bicyclic) bond motifs is 12. The second-order valence-corrected chi connectivity index (χ2v) is 7.49. The third-order valence-corrected chi connectivity index (χ3v) is 6.05. The van der Waals surface area contributed by atoms with Gasteiger partial charge in [0.05, 0.1) is 11.0 Å². The lowest BCUT2D eigenvalue weighted by molar-refractivity contribution is 1.26. The second-order valence-electron chi connectivity index (χ2n) is 7.49. The lowest BCUT2D eigenvalue weighted by atomic mass is 9.95. The van der Waals surface area contributed by atoms with Gasteiger partial charge in [0.1, 0.15) is 5.65 Å². The summed E-state index contributed by atoms with van der Waals surface area (Å²) in [4.78, 5) is 9.44. The molecule has 0 unspecified atom stereocenters. The van der Waals surface area contributed by atoms with Gasteiger partial charge in [-0.15, -0.1) is 0 Å². The molecule has 0 spiro atoms. The zero-order valence-corrected chi connectivity index (χ0v) is 15.1. The normalized spacial score (nSPS) is 12.9. The fourth-order valence-corrected chi connectivity index (χ4v) is 4.91. The summed E-state index contributed by atoms with van der Waals surface area (Å²) in [6.45, 7) is 0. The summed E-state index contributed by atoms with van der Waals surface area (Å²) in [5.41, 5.74) is 9.53. The van der Waals surface area contributed by atoms with Gasteiger partial charge in [-0.2, -0.15) is 0 Å². The molecule has 0 aliphatic heterocycles. The van der Waals surface area contributed by atoms with Crippen LogP contribution < -0.4 is 0 Å². The van der Waals surface area contributed by atoms with Crippen molar-refractivity contribution in [3.8, 4) is 11.1 Å². The number of rotatable bonds is 0. The number of pyridine rings is 2. The molecule has 3 nitrogen and oxygen atoms in total. The first-order valence-electron chi connectivity index (χ1n) is 9.58. The number of para-hydroxylation sites is 1. The minimum atomic E-state index is 0.793. The number of benzene rings is 3. The van der Waals surface area contributed by atoms with E-state index in [1.54, 1.807) is 0 Å². The van der Waals surface area contributed by atoms with Gasteiger partial charge in [0.25, 0.3) is 0 Å². The first-order valence-corrected chi connectivity index (χ1v) is 9.58. The van der Waals surface area contributed by atoms with Gasteiger partial charge in [0, 0.05) is 22.4 Å². The van der Waals surface area contributed by atoms with Crippen molar-refractivity contribution in [1.82, 2.24) is 14.4 Å². The lowest BCUT2D eigenvalue weighted by Crippen LogP contribution is -1.93. The summed E-state index contributed by atoms with van der Waals surface area (Å²) in [5, 5.41) is 3.76. The Balaban J connectivity index is 1.82. The highest BCUT2D eigenvalue weighted by Gasteiger charge is 2.23. The highest BCUT2D eigenvalue weighted by atomic mass is 15.1. The topological polar surface area (TPSA) is 30.2 Å². The highest BCUT2D eigenvalue weighted by molar-refractivity contribution is 6.20. The molecule has 3 heteroatoms. The van der Waals surface area contributed by atoms with Crippen molar-refractivity contribution in [2.24, 2.45) is 0 Å². The van der Waals surface area contributed by atoms with Crippen LogP contribution in [0.15, 0.2) is 79.0 Å². The molecule has 3 heterocycles. The van der Waals surface area contributed by atoms with Gasteiger partial charge < -0.3 is 0 Å². The maximum atomic E-state index is 4.93. The predicted octanol–water partition coefficient (Wildman–Crippen LogP) is 5.76. The molecule has 0 atom stereocenters. The van der Waals surface area contributed by atoms with Crippen LogP contribution in [0.1, 0.15) is 11.1 Å². The van der Waals surface area contributed by atoms with Crippen molar-refractivity contribution in [1.29, 1.82) is 0 Å². The van der Waals surface area contributed by atoms with E-state index in [1.807, 2.05) is 12.3 Å². The van der Waals surface area contributed by atoms with E-state index in [1.165, 1.54) is 43.9 Å². The van der Waals surface area contributed by atoms with Crippen molar-refractivity contribution >= 4 is 38.5 Å². The quantitative estimate of drug-likeness (QED) is 0.323. The van der Waals surface area contributed by atoms with Crippen LogP contribution in [0.3, 0.4) is 0 Å². The minimum absolute atomic E-state index is 0.793. The summed E-state index contributed by atoms with van der Waals surface area (Å²) in [6.07, 6.45) is 2.81. The first-order chi connectivity index (χ1) is 13.9. The van der Waals surface area contributed by atoms with Gasteiger partial charge in [0.2, 0.25) is 0 Å². The zero-order valence-electron chi connectivity index (χ0n) is 15.1. The Kier molecular flexibility index (Phi) is 2.54. The minimum Gasteiger partial charge on any atom is -0.290 e. The smallest absolute Gasteiger partial charge is 0.178 e. The fraction of sp³-hybridized carbons (Fsp3) is 0.0400. The Hall–Kier alpha value is -3.72. The molecule has 0 N–H and O–H groups in total. The molecule has 3 aromatic carbocycles. The second kappa shape index (κ2) is 4.96. The third kappa shape index (κ3) is 1.65. The van der Waals surface area contributed by atoms with Crippen molar-refractivity contribution in [2.45, 2.75) is 6.42 Å². The zero-order chi connectivity index (χ0) is 18.2. The summed E-state index contributed by atoms with van der Waals surface area (Å²) < 4.78 is 2.26. The Labute approximate surface area is 160 Å². The molecule has 0 bridgehead atoms. The molecule has 0 saturated heterocycles. The molecule has 0 amide bonds. The fourth-order valence-electron chi connectivity index (χ4n) is 4.91. The molecule has 1 aliphatic carbocycles. The number of hydrogen-bond donors (Lipinski definition) is 0. The third-order valence-electron chi connectivity index (χ3n) is 6.05. The number of aromatic nitrogens is 3. The summed E-state index contributed by atoms with van der Waals surface area (Å²) in [7, 11) is 0. The van der Waals surface area contributed by atoms with Gasteiger partial charge in [-0.1, -0.05) is 54.6 Å². The van der Waals surface area contributed by atoms with E-state index in [-0.39, 0.29) is 0 Å². The predicted molar refractivity (Wildman–Crippen MR) is 114 cm³/mol. The van der Waals surface area contributed by atoms with Crippen LogP contribution in [0.5, 0.6) is 0 Å². The van der Waals surface area contributed by atoms with Gasteiger partial charge in [-0.25, -0.2) is 9.97 Å². The molecule has 130 valence electrons. The van der Waals surface area contributed by atoms with E-state index in [2.05, 4.69) is 76.1 Å². The molecular formula is C25H15N3. The van der Waals surface area contributed by atoms with Crippen LogP contribution in [0, 0.1) is 0 Å². The van der Waals surface area contributed by atoms with Crippen LogP contribution in [0.2, 0.25) is 0 Å². The summed E-state index contributed by atoms with van der Waals surface area (Å²) in [6, 6.07) is 26.0. The molecule has 7 rings (SSSR count). The van der Waals surface area contributed by atoms with Crippen LogP contribution in [0.4, 0.5) is 0 Å². The molecule has 0 saturated carbocycles. The van der Waals surface area contributed by atoms with Crippen LogP contribution in [-0.4, -0.2) is 14.4 Å². The largest absolute Gasteiger partial charge is 0.290 e. The van der Waals surface area contributed by atoms with E-state index in [9.17, 15) is 0 Å². The van der Waals surface area contributed by atoms with Crippen molar-refractivity contribution in [2.75, 3.05) is 0 Å². The van der Waals surface area contributed by atoms with Gasteiger partial charge >= 0.3 is 0 Å². The first kappa shape index (κ1) is 14.4. The highest BCUT2D eigenvalue weighted by Crippen LogP contribution is 2.45. The number of imidazole rings is 1. The van der Waals surface area contributed by atoms with Crippen LogP contribution in [0.25, 0.3) is 49.6 Å². The van der Waals surface area contributed by atoms with Crippen LogP contribution in [-0.2, 0) is 6.42 Å². The van der Waals surface area contributed by atoms with E-state index in [0.717, 1.165) is 23.2 Å². The van der Waals surface area contributed by atoms with Gasteiger partial charge in [0.15, 0.2) is 5.65 Å². The molecule has 6 aromatic rings. The summed E-state index contributed by atoms with van der Waals surface area (Å²) in [5.74, 6) is 0. The Bertz CT molecular complexity index is 1590. The van der Waals surface area contributed by atoms with Gasteiger partial charge in [-0.05, 0) is 46.9 Å². The lowest BCUT2D eigenvalue weighted by Gasteiger charge is -2.13. The van der Waals surface area contributed by atoms with Crippen molar-refractivity contribution < 1.29 is 0 Å². The van der Waals surface area contributed by atoms with Crippen molar-refractivity contribution in [3.63, 3.8) is 0 Å². The number of nitrogens with zero attached hydrogens (tertiary/aromatic N) is 3. The van der Waals surface area contributed by atoms with Crippen LogP contribution >= 0.6 is 0 Å². The van der Waals surface area contributed by atoms with Crippen molar-refractivity contribution in [3.05, 3.63) is 90.1 Å². The molecule has 28 heavy (non-hydrogen) atoms. The average Bonchev–Trinajstić information content (AvgIpc) is 3.32. The maximum Gasteiger partial charge on any atom is 0.178 e. The molecule has 0 radical (unpaired) electrons. The number of hydrogen-bond acceptors (Lipinski definition) is 2. The maximum absolute atomic E-state index is 4.93. The molecule has 0 fully saturated rings. The molecular weight excluding hydrogens is 342 g/mol. The SMILES string of the molecule is c1ccc2c(c1)Cc1ccc3c(c1-2)c1ccccc1n1c2cccnc2nc31. The molecule has 1 aliphatic rings. The Morgan fingerprint density at radius 1 is 0.714 bits per heavy atom. The average molecular weight is 357 g/mol. The van der Waals surface area contributed by atoms with E-state index < -0.39 is 0 Å².